The van der Waals surface area contributed by atoms with E-state index in [1.807, 2.05) is 0 Å². The molecule has 0 unspecified atom stereocenters. The molecule has 0 aromatic heterocycles. The minimum Gasteiger partial charge on any atom is -0.506 e. The van der Waals surface area contributed by atoms with Gasteiger partial charge in [-0.15, -0.1) is 0 Å². The maximum atomic E-state index is 11.9. The lowest BCUT2D eigenvalue weighted by atomic mass is 10.2. The van der Waals surface area contributed by atoms with Gasteiger partial charge >= 0.3 is 11.8 Å². The zero-order chi connectivity index (χ0) is 16.3. The van der Waals surface area contributed by atoms with Crippen LogP contribution in [0.3, 0.4) is 0 Å². The summed E-state index contributed by atoms with van der Waals surface area (Å²) in [7, 11) is 0. The lowest BCUT2D eigenvalue weighted by Gasteiger charge is -2.10. The quantitative estimate of drug-likeness (QED) is 0.578. The fourth-order valence-corrected chi connectivity index (χ4v) is 2.21. The molecule has 0 saturated heterocycles. The van der Waals surface area contributed by atoms with E-state index in [0.717, 1.165) is 5.56 Å². The van der Waals surface area contributed by atoms with Crippen molar-refractivity contribution in [3.05, 3.63) is 52.0 Å². The van der Waals surface area contributed by atoms with Gasteiger partial charge in [0.25, 0.3) is 0 Å². The number of aryl methyl sites for hydroxylation is 1. The molecule has 0 aliphatic carbocycles. The molecule has 0 atom stereocenters. The number of phenols is 1. The lowest BCUT2D eigenvalue weighted by Crippen LogP contribution is -2.29. The first-order chi connectivity index (χ1) is 10.4. The number of phenolic OH excluding ortho intramolecular Hbond substituents is 1. The Morgan fingerprint density at radius 2 is 1.59 bits per heavy atom. The lowest BCUT2D eigenvalue weighted by molar-refractivity contribution is -0.133. The molecule has 0 fully saturated rings. The summed E-state index contributed by atoms with van der Waals surface area (Å²) in [4.78, 5) is 23.7. The fourth-order valence-electron chi connectivity index (χ4n) is 1.71. The van der Waals surface area contributed by atoms with Gasteiger partial charge in [-0.2, -0.15) is 0 Å². The Balaban J connectivity index is 2.11. The summed E-state index contributed by atoms with van der Waals surface area (Å²) in [6.45, 7) is 1.79. The van der Waals surface area contributed by atoms with Crippen LogP contribution in [0.4, 0.5) is 11.4 Å². The summed E-state index contributed by atoms with van der Waals surface area (Å²) >= 11 is 11.8. The maximum Gasteiger partial charge on any atom is 0.314 e. The Morgan fingerprint density at radius 1 is 1.00 bits per heavy atom. The van der Waals surface area contributed by atoms with Crippen molar-refractivity contribution < 1.29 is 14.7 Å². The number of nitrogens with one attached hydrogen (secondary N) is 2. The van der Waals surface area contributed by atoms with Gasteiger partial charge in [0.2, 0.25) is 0 Å². The van der Waals surface area contributed by atoms with Crippen LogP contribution in [-0.4, -0.2) is 16.9 Å². The van der Waals surface area contributed by atoms with E-state index in [4.69, 9.17) is 23.2 Å². The van der Waals surface area contributed by atoms with Crippen molar-refractivity contribution in [2.24, 2.45) is 0 Å². The van der Waals surface area contributed by atoms with Crippen molar-refractivity contribution in [2.75, 3.05) is 10.6 Å². The zero-order valence-electron chi connectivity index (χ0n) is 11.5. The van der Waals surface area contributed by atoms with Crippen LogP contribution in [0.1, 0.15) is 5.56 Å². The highest BCUT2D eigenvalue weighted by molar-refractivity contribution is 6.46. The monoisotopic (exact) mass is 338 g/mol. The molecule has 0 heterocycles. The molecule has 2 aromatic rings. The van der Waals surface area contributed by atoms with Crippen LogP contribution in [0.5, 0.6) is 5.75 Å². The molecule has 0 bridgehead atoms. The standard InChI is InChI=1S/C15H12Cl2N2O3/c1-8-5-6-11(12(20)7-8)18-14(21)15(22)19-13-9(16)3-2-4-10(13)17/h2-7,20H,1H3,(H,18,21)(H,19,22). The molecule has 7 heteroatoms. The number of rotatable bonds is 2. The topological polar surface area (TPSA) is 78.4 Å². The van der Waals surface area contributed by atoms with Crippen molar-refractivity contribution in [1.29, 1.82) is 0 Å². The van der Waals surface area contributed by atoms with Crippen LogP contribution >= 0.6 is 23.2 Å². The Hall–Kier alpha value is -2.24. The number of carbonyl (C=O) groups is 2. The van der Waals surface area contributed by atoms with Gasteiger partial charge in [-0.05, 0) is 36.8 Å². The number of carbonyl (C=O) groups excluding carboxylic acids is 2. The van der Waals surface area contributed by atoms with Crippen molar-refractivity contribution >= 4 is 46.4 Å². The smallest absolute Gasteiger partial charge is 0.314 e. The summed E-state index contributed by atoms with van der Waals surface area (Å²) in [5, 5.41) is 14.8. The molecule has 0 spiro atoms. The van der Waals surface area contributed by atoms with Gasteiger partial charge in [-0.1, -0.05) is 35.3 Å². The van der Waals surface area contributed by atoms with Gasteiger partial charge in [0.15, 0.2) is 0 Å². The highest BCUT2D eigenvalue weighted by Crippen LogP contribution is 2.30. The fraction of sp³-hybridized carbons (Fsp3) is 0.0667. The molecule has 2 aromatic carbocycles. The minimum atomic E-state index is -0.949. The number of halogens is 2. The summed E-state index contributed by atoms with van der Waals surface area (Å²) in [6, 6.07) is 9.35. The van der Waals surface area contributed by atoms with E-state index in [2.05, 4.69) is 10.6 Å². The molecule has 2 amide bonds. The second-order valence-corrected chi connectivity index (χ2v) is 5.34. The van der Waals surface area contributed by atoms with Gasteiger partial charge in [0.1, 0.15) is 5.75 Å². The van der Waals surface area contributed by atoms with Crippen LogP contribution < -0.4 is 10.6 Å². The summed E-state index contributed by atoms with van der Waals surface area (Å²) in [5.41, 5.74) is 1.11. The van der Waals surface area contributed by atoms with E-state index < -0.39 is 11.8 Å². The van der Waals surface area contributed by atoms with Crippen LogP contribution in [-0.2, 0) is 9.59 Å². The average Bonchev–Trinajstić information content (AvgIpc) is 2.45. The summed E-state index contributed by atoms with van der Waals surface area (Å²) in [6.07, 6.45) is 0. The third kappa shape index (κ3) is 3.69. The van der Waals surface area contributed by atoms with Crippen LogP contribution in [0.15, 0.2) is 36.4 Å². The number of benzene rings is 2. The Morgan fingerprint density at radius 3 is 2.18 bits per heavy atom. The molecule has 22 heavy (non-hydrogen) atoms. The number of anilines is 2. The van der Waals surface area contributed by atoms with Crippen LogP contribution in [0.25, 0.3) is 0 Å². The van der Waals surface area contributed by atoms with Crippen molar-refractivity contribution in [2.45, 2.75) is 6.92 Å². The summed E-state index contributed by atoms with van der Waals surface area (Å²) < 4.78 is 0. The van der Waals surface area contributed by atoms with Gasteiger partial charge < -0.3 is 15.7 Å². The van der Waals surface area contributed by atoms with E-state index in [9.17, 15) is 14.7 Å². The number of para-hydroxylation sites is 1. The van der Waals surface area contributed by atoms with E-state index in [0.29, 0.717) is 0 Å². The third-order valence-electron chi connectivity index (χ3n) is 2.81. The van der Waals surface area contributed by atoms with Gasteiger partial charge in [0.05, 0.1) is 21.4 Å². The molecule has 0 radical (unpaired) electrons. The second-order valence-electron chi connectivity index (χ2n) is 4.53. The predicted octanol–water partition coefficient (Wildman–Crippen LogP) is 3.58. The van der Waals surface area contributed by atoms with Crippen LogP contribution in [0, 0.1) is 6.92 Å². The predicted molar refractivity (Wildman–Crippen MR) is 86.6 cm³/mol. The number of hydrogen-bond donors (Lipinski definition) is 3. The molecular formula is C15H12Cl2N2O3. The van der Waals surface area contributed by atoms with Crippen molar-refractivity contribution in [1.82, 2.24) is 0 Å². The number of amides is 2. The Kier molecular flexibility index (Phi) is 4.90. The van der Waals surface area contributed by atoms with Crippen molar-refractivity contribution in [3.63, 3.8) is 0 Å². The SMILES string of the molecule is Cc1ccc(NC(=O)C(=O)Nc2c(Cl)cccc2Cl)c(O)c1. The minimum absolute atomic E-state index is 0.128. The van der Waals surface area contributed by atoms with E-state index in [1.165, 1.54) is 24.3 Å². The molecule has 0 saturated carbocycles. The van der Waals surface area contributed by atoms with Crippen LogP contribution in [0.2, 0.25) is 10.0 Å². The van der Waals surface area contributed by atoms with Crippen molar-refractivity contribution in [3.8, 4) is 5.75 Å². The molecule has 0 aliphatic rings. The van der Waals surface area contributed by atoms with Gasteiger partial charge in [0, 0.05) is 0 Å². The average molecular weight is 339 g/mol. The number of aromatic hydroxyl groups is 1. The molecule has 0 aliphatic heterocycles. The highest BCUT2D eigenvalue weighted by Gasteiger charge is 2.18. The normalized spacial score (nSPS) is 10.1. The molecule has 3 N–H and O–H groups in total. The van der Waals surface area contributed by atoms with Gasteiger partial charge in [-0.3, -0.25) is 9.59 Å². The molecule has 2 rings (SSSR count). The second kappa shape index (κ2) is 6.68. The van der Waals surface area contributed by atoms with E-state index in [1.54, 1.807) is 19.1 Å². The zero-order valence-corrected chi connectivity index (χ0v) is 13.0. The first kappa shape index (κ1) is 16.1. The maximum absolute atomic E-state index is 11.9. The Bertz CT molecular complexity index is 727. The molecular weight excluding hydrogens is 327 g/mol. The summed E-state index contributed by atoms with van der Waals surface area (Å²) in [5.74, 6) is -2.03. The van der Waals surface area contributed by atoms with E-state index >= 15 is 0 Å². The Labute approximate surface area is 136 Å². The highest BCUT2D eigenvalue weighted by atomic mass is 35.5. The first-order valence-corrected chi connectivity index (χ1v) is 7.00. The number of hydrogen-bond acceptors (Lipinski definition) is 3. The van der Waals surface area contributed by atoms with E-state index in [-0.39, 0.29) is 27.2 Å². The largest absolute Gasteiger partial charge is 0.506 e. The van der Waals surface area contributed by atoms with Gasteiger partial charge in [-0.25, -0.2) is 0 Å². The third-order valence-corrected chi connectivity index (χ3v) is 3.44. The first-order valence-electron chi connectivity index (χ1n) is 6.24. The molecule has 114 valence electrons. The molecule has 5 nitrogen and oxygen atoms in total.